The fourth-order valence-electron chi connectivity index (χ4n) is 1.42. The summed E-state index contributed by atoms with van der Waals surface area (Å²) in [6.07, 6.45) is 1.24. The number of nitrogens with one attached hydrogen (secondary N) is 2. The van der Waals surface area contributed by atoms with E-state index in [9.17, 15) is 18.5 Å². The Kier molecular flexibility index (Phi) is 3.69. The van der Waals surface area contributed by atoms with Gasteiger partial charge in [0, 0.05) is 6.07 Å². The van der Waals surface area contributed by atoms with Crippen molar-refractivity contribution in [3.8, 4) is 0 Å². The van der Waals surface area contributed by atoms with Gasteiger partial charge in [-0.15, -0.1) is 0 Å². The summed E-state index contributed by atoms with van der Waals surface area (Å²) in [4.78, 5) is 13.8. The minimum absolute atomic E-state index is 0.164. The van der Waals surface area contributed by atoms with Gasteiger partial charge in [-0.1, -0.05) is 11.3 Å². The summed E-state index contributed by atoms with van der Waals surface area (Å²) in [5.74, 6) is 0.326. The molecule has 1 unspecified atom stereocenters. The molecule has 108 valence electrons. The number of H-pyrrole nitrogens is 1. The predicted octanol–water partition coefficient (Wildman–Crippen LogP) is 0.396. The quantitative estimate of drug-likeness (QED) is 0.531. The van der Waals surface area contributed by atoms with Gasteiger partial charge in [-0.25, -0.2) is 18.1 Å². The van der Waals surface area contributed by atoms with Gasteiger partial charge in [0.15, 0.2) is 5.00 Å². The molecule has 20 heavy (non-hydrogen) atoms. The number of aromatic nitrogens is 3. The van der Waals surface area contributed by atoms with Crippen molar-refractivity contribution in [2.45, 2.75) is 17.2 Å². The van der Waals surface area contributed by atoms with Crippen LogP contribution in [0.3, 0.4) is 0 Å². The molecule has 1 atom stereocenters. The molecule has 0 bridgehead atoms. The topological polar surface area (TPSA) is 157 Å². The van der Waals surface area contributed by atoms with E-state index in [2.05, 4.69) is 19.9 Å². The lowest BCUT2D eigenvalue weighted by Gasteiger charge is -2.09. The standard InChI is InChI=1S/C8H10N6O4S2/c1-4(8-10-3-11-12-8)13-20(17,18)6-2-5(14(15)16)7(9)19-6/h2-4,13H,9H2,1H3,(H,10,11,12). The molecule has 0 spiro atoms. The molecule has 10 nitrogen and oxygen atoms in total. The van der Waals surface area contributed by atoms with Crippen molar-refractivity contribution in [2.24, 2.45) is 0 Å². The predicted molar refractivity (Wildman–Crippen MR) is 70.5 cm³/mol. The highest BCUT2D eigenvalue weighted by Gasteiger charge is 2.26. The molecule has 0 saturated heterocycles. The Balaban J connectivity index is 2.27. The van der Waals surface area contributed by atoms with E-state index < -0.39 is 26.7 Å². The number of hydrogen-bond donors (Lipinski definition) is 3. The fraction of sp³-hybridized carbons (Fsp3) is 0.250. The molecule has 0 aliphatic carbocycles. The van der Waals surface area contributed by atoms with Crippen LogP contribution in [0.5, 0.6) is 0 Å². The van der Waals surface area contributed by atoms with Gasteiger partial charge in [0.2, 0.25) is 0 Å². The van der Waals surface area contributed by atoms with E-state index in [1.807, 2.05) is 0 Å². The maximum Gasteiger partial charge on any atom is 0.304 e. The molecule has 2 rings (SSSR count). The van der Waals surface area contributed by atoms with Gasteiger partial charge in [-0.3, -0.25) is 15.2 Å². The van der Waals surface area contributed by atoms with E-state index in [1.165, 1.54) is 6.33 Å². The van der Waals surface area contributed by atoms with Gasteiger partial charge in [0.25, 0.3) is 10.0 Å². The first-order chi connectivity index (χ1) is 9.31. The van der Waals surface area contributed by atoms with Crippen LogP contribution in [0.25, 0.3) is 0 Å². The first-order valence-corrected chi connectivity index (χ1v) is 7.52. The summed E-state index contributed by atoms with van der Waals surface area (Å²) in [6, 6.07) is 0.264. The summed E-state index contributed by atoms with van der Waals surface area (Å²) in [5, 5.41) is 16.6. The molecule has 2 aromatic rings. The maximum absolute atomic E-state index is 12.1. The summed E-state index contributed by atoms with van der Waals surface area (Å²) < 4.78 is 26.3. The fourth-order valence-corrected chi connectivity index (χ4v) is 3.86. The molecule has 12 heteroatoms. The second-order valence-corrected chi connectivity index (χ2v) is 6.81. The van der Waals surface area contributed by atoms with E-state index in [0.29, 0.717) is 17.2 Å². The highest BCUT2D eigenvalue weighted by molar-refractivity contribution is 7.91. The van der Waals surface area contributed by atoms with Crippen molar-refractivity contribution >= 4 is 32.0 Å². The SMILES string of the molecule is CC(NS(=O)(=O)c1cc([N+](=O)[O-])c(N)s1)c1ncn[nH]1. The number of sulfonamides is 1. The van der Waals surface area contributed by atoms with Crippen molar-refractivity contribution in [3.63, 3.8) is 0 Å². The normalized spacial score (nSPS) is 13.2. The lowest BCUT2D eigenvalue weighted by Crippen LogP contribution is -2.27. The zero-order valence-electron chi connectivity index (χ0n) is 10.1. The third-order valence-electron chi connectivity index (χ3n) is 2.35. The van der Waals surface area contributed by atoms with Gasteiger partial charge in [0.05, 0.1) is 11.0 Å². The Morgan fingerprint density at radius 1 is 1.60 bits per heavy atom. The lowest BCUT2D eigenvalue weighted by molar-refractivity contribution is -0.383. The minimum atomic E-state index is -3.92. The summed E-state index contributed by atoms with van der Waals surface area (Å²) in [6.45, 7) is 1.56. The van der Waals surface area contributed by atoms with Crippen LogP contribution in [0, 0.1) is 10.1 Å². The van der Waals surface area contributed by atoms with Crippen LogP contribution in [0.1, 0.15) is 18.8 Å². The van der Waals surface area contributed by atoms with Crippen LogP contribution < -0.4 is 10.5 Å². The highest BCUT2D eigenvalue weighted by Crippen LogP contribution is 2.34. The molecule has 0 fully saturated rings. The third kappa shape index (κ3) is 2.76. The molecule has 0 aromatic carbocycles. The summed E-state index contributed by atoms with van der Waals surface area (Å²) in [7, 11) is -3.92. The van der Waals surface area contributed by atoms with Crippen LogP contribution in [-0.2, 0) is 10.0 Å². The van der Waals surface area contributed by atoms with Gasteiger partial charge in [0.1, 0.15) is 16.4 Å². The second-order valence-electron chi connectivity index (χ2n) is 3.79. The number of rotatable bonds is 5. The first kappa shape index (κ1) is 14.4. The van der Waals surface area contributed by atoms with E-state index in [1.54, 1.807) is 6.92 Å². The number of hydrogen-bond acceptors (Lipinski definition) is 8. The van der Waals surface area contributed by atoms with Crippen LogP contribution in [-0.4, -0.2) is 28.5 Å². The van der Waals surface area contributed by atoms with E-state index >= 15 is 0 Å². The van der Waals surface area contributed by atoms with E-state index in [-0.39, 0.29) is 9.21 Å². The number of thiophene rings is 1. The monoisotopic (exact) mass is 318 g/mol. The minimum Gasteiger partial charge on any atom is -0.385 e. The first-order valence-electron chi connectivity index (χ1n) is 5.22. The Hall–Kier alpha value is -2.05. The van der Waals surface area contributed by atoms with Crippen molar-refractivity contribution in [1.29, 1.82) is 0 Å². The number of nitrogens with two attached hydrogens (primary N) is 1. The molecule has 0 aliphatic rings. The lowest BCUT2D eigenvalue weighted by atomic mass is 10.3. The van der Waals surface area contributed by atoms with Gasteiger partial charge < -0.3 is 5.73 Å². The Morgan fingerprint density at radius 2 is 2.30 bits per heavy atom. The van der Waals surface area contributed by atoms with E-state index in [0.717, 1.165) is 6.07 Å². The van der Waals surface area contributed by atoms with Crippen molar-refractivity contribution in [1.82, 2.24) is 19.9 Å². The Bertz CT molecular complexity index is 722. The number of nitro groups is 1. The highest BCUT2D eigenvalue weighted by atomic mass is 32.2. The van der Waals surface area contributed by atoms with Gasteiger partial charge in [-0.2, -0.15) is 5.10 Å². The summed E-state index contributed by atoms with van der Waals surface area (Å²) >= 11 is 0.628. The van der Waals surface area contributed by atoms with Crippen LogP contribution in [0.4, 0.5) is 10.7 Å². The van der Waals surface area contributed by atoms with Gasteiger partial charge >= 0.3 is 5.69 Å². The number of nitrogen functional groups attached to an aromatic ring is 1. The van der Waals surface area contributed by atoms with Crippen LogP contribution in [0.15, 0.2) is 16.6 Å². The third-order valence-corrected chi connectivity index (χ3v) is 5.32. The molecule has 0 saturated carbocycles. The van der Waals surface area contributed by atoms with Crippen molar-refractivity contribution < 1.29 is 13.3 Å². The van der Waals surface area contributed by atoms with Crippen molar-refractivity contribution in [2.75, 3.05) is 5.73 Å². The molecular formula is C8H10N6O4S2. The number of anilines is 1. The molecule has 4 N–H and O–H groups in total. The number of aromatic amines is 1. The smallest absolute Gasteiger partial charge is 0.304 e. The largest absolute Gasteiger partial charge is 0.385 e. The average Bonchev–Trinajstić information content (AvgIpc) is 2.96. The second kappa shape index (κ2) is 5.15. The number of nitrogens with zero attached hydrogens (tertiary/aromatic N) is 3. The maximum atomic E-state index is 12.1. The molecular weight excluding hydrogens is 308 g/mol. The Labute approximate surface area is 117 Å². The summed E-state index contributed by atoms with van der Waals surface area (Å²) in [5.41, 5.74) is 4.99. The zero-order chi connectivity index (χ0) is 14.9. The van der Waals surface area contributed by atoms with Crippen LogP contribution >= 0.6 is 11.3 Å². The molecule has 0 radical (unpaired) electrons. The molecule has 2 heterocycles. The Morgan fingerprint density at radius 3 is 2.80 bits per heavy atom. The van der Waals surface area contributed by atoms with Crippen LogP contribution in [0.2, 0.25) is 0 Å². The molecule has 0 aliphatic heterocycles. The zero-order valence-corrected chi connectivity index (χ0v) is 11.7. The average molecular weight is 318 g/mol. The molecule has 0 amide bonds. The van der Waals surface area contributed by atoms with Crippen molar-refractivity contribution in [3.05, 3.63) is 28.3 Å². The molecule has 2 aromatic heterocycles. The van der Waals surface area contributed by atoms with E-state index in [4.69, 9.17) is 5.73 Å². The van der Waals surface area contributed by atoms with Gasteiger partial charge in [-0.05, 0) is 6.92 Å².